The lowest BCUT2D eigenvalue weighted by Crippen LogP contribution is -2.55. The van der Waals surface area contributed by atoms with E-state index in [1.165, 1.54) is 32.1 Å². The second-order valence-electron chi connectivity index (χ2n) is 8.84. The Bertz CT molecular complexity index is 743. The average Bonchev–Trinajstić information content (AvgIpc) is 2.79. The largest absolute Gasteiger partial charge is 0.493 e. The zero-order valence-electron chi connectivity index (χ0n) is 18.2. The van der Waals surface area contributed by atoms with Gasteiger partial charge in [-0.15, -0.1) is 0 Å². The van der Waals surface area contributed by atoms with Gasteiger partial charge in [-0.05, 0) is 50.7 Å². The number of para-hydroxylation sites is 1. The van der Waals surface area contributed by atoms with Crippen LogP contribution >= 0.6 is 0 Å². The smallest absolute Gasteiger partial charge is 0.257 e. The van der Waals surface area contributed by atoms with E-state index in [0.29, 0.717) is 43.6 Å². The molecule has 30 heavy (non-hydrogen) atoms. The third kappa shape index (κ3) is 4.64. The Labute approximate surface area is 180 Å². The highest BCUT2D eigenvalue weighted by atomic mass is 16.5. The number of likely N-dealkylation sites (tertiary alicyclic amines) is 1. The summed E-state index contributed by atoms with van der Waals surface area (Å²) < 4.78 is 5.63. The maximum atomic E-state index is 13.1. The zero-order chi connectivity index (χ0) is 20.9. The van der Waals surface area contributed by atoms with Gasteiger partial charge >= 0.3 is 0 Å². The summed E-state index contributed by atoms with van der Waals surface area (Å²) in [5.74, 6) is 1.67. The molecular formula is C24H35N3O3. The van der Waals surface area contributed by atoms with E-state index in [2.05, 4.69) is 9.80 Å². The number of hydrogen-bond donors (Lipinski definition) is 0. The maximum Gasteiger partial charge on any atom is 0.257 e. The van der Waals surface area contributed by atoms with Gasteiger partial charge in [0.1, 0.15) is 5.75 Å². The van der Waals surface area contributed by atoms with Crippen molar-refractivity contribution in [2.24, 2.45) is 5.92 Å². The molecule has 2 saturated heterocycles. The summed E-state index contributed by atoms with van der Waals surface area (Å²) in [4.78, 5) is 32.3. The fourth-order valence-electron chi connectivity index (χ4n) is 5.42. The molecular weight excluding hydrogens is 378 g/mol. The molecule has 164 valence electrons. The molecule has 2 atom stereocenters. The summed E-state index contributed by atoms with van der Waals surface area (Å²) >= 11 is 0. The Kier molecular flexibility index (Phi) is 6.93. The molecule has 3 aliphatic rings. The Hall–Kier alpha value is -2.08. The summed E-state index contributed by atoms with van der Waals surface area (Å²) in [6.07, 6.45) is 7.49. The first kappa shape index (κ1) is 21.2. The number of piperazine rings is 1. The number of nitrogens with zero attached hydrogens (tertiary/aromatic N) is 3. The number of benzene rings is 1. The highest BCUT2D eigenvalue weighted by molar-refractivity contribution is 5.97. The lowest BCUT2D eigenvalue weighted by atomic mass is 9.78. The molecule has 2 amide bonds. The molecule has 2 heterocycles. The van der Waals surface area contributed by atoms with Crippen molar-refractivity contribution in [1.82, 2.24) is 14.7 Å². The van der Waals surface area contributed by atoms with Crippen molar-refractivity contribution in [2.45, 2.75) is 51.5 Å². The van der Waals surface area contributed by atoms with Crippen molar-refractivity contribution in [3.63, 3.8) is 0 Å². The third-order valence-electron chi connectivity index (χ3n) is 7.00. The van der Waals surface area contributed by atoms with E-state index in [9.17, 15) is 9.59 Å². The minimum Gasteiger partial charge on any atom is -0.493 e. The lowest BCUT2D eigenvalue weighted by Gasteiger charge is -2.45. The van der Waals surface area contributed by atoms with Crippen LogP contribution in [0.25, 0.3) is 0 Å². The molecule has 0 spiro atoms. The predicted octanol–water partition coefficient (Wildman–Crippen LogP) is 3.02. The van der Waals surface area contributed by atoms with E-state index >= 15 is 0 Å². The van der Waals surface area contributed by atoms with Crippen molar-refractivity contribution >= 4 is 11.8 Å². The van der Waals surface area contributed by atoms with Gasteiger partial charge in [-0.3, -0.25) is 14.5 Å². The van der Waals surface area contributed by atoms with Gasteiger partial charge in [0.15, 0.2) is 0 Å². The number of piperidine rings is 1. The molecule has 2 aliphatic heterocycles. The van der Waals surface area contributed by atoms with E-state index in [4.69, 9.17) is 4.74 Å². The Morgan fingerprint density at radius 3 is 2.50 bits per heavy atom. The number of amides is 2. The monoisotopic (exact) mass is 413 g/mol. The average molecular weight is 414 g/mol. The van der Waals surface area contributed by atoms with E-state index < -0.39 is 0 Å². The second-order valence-corrected chi connectivity index (χ2v) is 8.84. The number of rotatable bonds is 5. The predicted molar refractivity (Wildman–Crippen MR) is 117 cm³/mol. The van der Waals surface area contributed by atoms with Gasteiger partial charge in [0.05, 0.1) is 18.7 Å². The molecule has 2 unspecified atom stereocenters. The molecule has 3 fully saturated rings. The number of hydrogen-bond acceptors (Lipinski definition) is 4. The summed E-state index contributed by atoms with van der Waals surface area (Å²) in [6, 6.07) is 7.92. The Morgan fingerprint density at radius 2 is 1.70 bits per heavy atom. The summed E-state index contributed by atoms with van der Waals surface area (Å²) in [7, 11) is 0. The number of carbonyl (C=O) groups is 2. The molecule has 1 aromatic carbocycles. The van der Waals surface area contributed by atoms with Crippen LogP contribution in [0.5, 0.6) is 5.75 Å². The molecule has 1 aliphatic carbocycles. The first-order valence-electron chi connectivity index (χ1n) is 11.7. The van der Waals surface area contributed by atoms with Gasteiger partial charge in [0.25, 0.3) is 5.91 Å². The lowest BCUT2D eigenvalue weighted by molar-refractivity contribution is -0.139. The quantitative estimate of drug-likeness (QED) is 0.745. The Morgan fingerprint density at radius 1 is 0.967 bits per heavy atom. The van der Waals surface area contributed by atoms with Crippen LogP contribution in [-0.4, -0.2) is 78.4 Å². The van der Waals surface area contributed by atoms with Gasteiger partial charge < -0.3 is 14.5 Å². The van der Waals surface area contributed by atoms with E-state index in [1.54, 1.807) is 0 Å². The van der Waals surface area contributed by atoms with Crippen LogP contribution in [0.4, 0.5) is 0 Å². The fraction of sp³-hybridized carbons (Fsp3) is 0.667. The van der Waals surface area contributed by atoms with Crippen LogP contribution in [0.15, 0.2) is 24.3 Å². The normalized spacial score (nSPS) is 25.0. The summed E-state index contributed by atoms with van der Waals surface area (Å²) in [6.45, 7) is 6.67. The number of fused-ring (bicyclic) bond motifs is 1. The van der Waals surface area contributed by atoms with Gasteiger partial charge in [0.2, 0.25) is 5.91 Å². The van der Waals surface area contributed by atoms with Gasteiger partial charge in [0, 0.05) is 38.8 Å². The Balaban J connectivity index is 1.30. The van der Waals surface area contributed by atoms with E-state index in [-0.39, 0.29) is 11.8 Å². The first-order valence-corrected chi connectivity index (χ1v) is 11.7. The van der Waals surface area contributed by atoms with Crippen LogP contribution in [-0.2, 0) is 4.79 Å². The maximum absolute atomic E-state index is 13.1. The molecule has 6 heteroatoms. The molecule has 0 bridgehead atoms. The van der Waals surface area contributed by atoms with Crippen molar-refractivity contribution in [3.8, 4) is 5.75 Å². The molecule has 4 rings (SSSR count). The van der Waals surface area contributed by atoms with Gasteiger partial charge in [-0.2, -0.15) is 0 Å². The molecule has 0 N–H and O–H groups in total. The molecule has 1 saturated carbocycles. The summed E-state index contributed by atoms with van der Waals surface area (Å²) in [5, 5.41) is 0. The molecule has 6 nitrogen and oxygen atoms in total. The molecule has 0 aromatic heterocycles. The van der Waals surface area contributed by atoms with Crippen LogP contribution in [0.1, 0.15) is 55.8 Å². The molecule has 1 aromatic rings. The van der Waals surface area contributed by atoms with Crippen LogP contribution < -0.4 is 4.74 Å². The number of ether oxygens (including phenoxy) is 1. The fourth-order valence-corrected chi connectivity index (χ4v) is 5.42. The van der Waals surface area contributed by atoms with E-state index in [1.807, 2.05) is 36.1 Å². The SMILES string of the molecule is CCOc1ccccc1C(=O)N1CCN(CC(=O)N2CCCC3CCCCC32)CC1. The van der Waals surface area contributed by atoms with Crippen molar-refractivity contribution in [3.05, 3.63) is 29.8 Å². The van der Waals surface area contributed by atoms with Gasteiger partial charge in [-0.25, -0.2) is 0 Å². The van der Waals surface area contributed by atoms with Gasteiger partial charge in [-0.1, -0.05) is 25.0 Å². The highest BCUT2D eigenvalue weighted by Gasteiger charge is 2.36. The van der Waals surface area contributed by atoms with Crippen molar-refractivity contribution < 1.29 is 14.3 Å². The third-order valence-corrected chi connectivity index (χ3v) is 7.00. The van der Waals surface area contributed by atoms with Crippen LogP contribution in [0.2, 0.25) is 0 Å². The highest BCUT2D eigenvalue weighted by Crippen LogP contribution is 2.35. The minimum absolute atomic E-state index is 0.0195. The standard InChI is InChI=1S/C24H35N3O3/c1-2-30-22-12-6-4-10-20(22)24(29)26-16-14-25(15-17-26)18-23(28)27-13-7-9-19-8-3-5-11-21(19)27/h4,6,10,12,19,21H,2-3,5,7-9,11,13-18H2,1H3. The van der Waals surface area contributed by atoms with Crippen molar-refractivity contribution in [1.29, 1.82) is 0 Å². The topological polar surface area (TPSA) is 53.1 Å². The zero-order valence-corrected chi connectivity index (χ0v) is 18.2. The first-order chi connectivity index (χ1) is 14.7. The van der Waals surface area contributed by atoms with Crippen LogP contribution in [0.3, 0.4) is 0 Å². The van der Waals surface area contributed by atoms with Crippen molar-refractivity contribution in [2.75, 3.05) is 45.9 Å². The second kappa shape index (κ2) is 9.82. The number of carbonyl (C=O) groups excluding carboxylic acids is 2. The van der Waals surface area contributed by atoms with E-state index in [0.717, 1.165) is 32.0 Å². The van der Waals surface area contributed by atoms with Crippen LogP contribution in [0, 0.1) is 5.92 Å². The molecule has 0 radical (unpaired) electrons. The summed E-state index contributed by atoms with van der Waals surface area (Å²) in [5.41, 5.74) is 0.625. The minimum atomic E-state index is 0.0195.